The van der Waals surface area contributed by atoms with Gasteiger partial charge in [0.25, 0.3) is 0 Å². The number of carbonyl (C=O) groups is 1. The smallest absolute Gasteiger partial charge is 0.316 e. The molecule has 25 heavy (non-hydrogen) atoms. The predicted molar refractivity (Wildman–Crippen MR) is 87.3 cm³/mol. The van der Waals surface area contributed by atoms with E-state index in [4.69, 9.17) is 9.47 Å². The number of nitrogens with zero attached hydrogens (tertiary/aromatic N) is 1. The fourth-order valence-corrected chi connectivity index (χ4v) is 3.61. The van der Waals surface area contributed by atoms with Crippen LogP contribution in [0.4, 0.5) is 8.78 Å². The van der Waals surface area contributed by atoms with E-state index >= 15 is 0 Å². The van der Waals surface area contributed by atoms with E-state index in [0.29, 0.717) is 36.1 Å². The van der Waals surface area contributed by atoms with Gasteiger partial charge in [0, 0.05) is 12.5 Å². The van der Waals surface area contributed by atoms with Crippen molar-refractivity contribution in [3.8, 4) is 5.75 Å². The van der Waals surface area contributed by atoms with Gasteiger partial charge in [-0.25, -0.2) is 8.78 Å². The third kappa shape index (κ3) is 3.21. The van der Waals surface area contributed by atoms with Crippen LogP contribution in [0.2, 0.25) is 0 Å². The van der Waals surface area contributed by atoms with E-state index in [9.17, 15) is 13.6 Å². The van der Waals surface area contributed by atoms with Gasteiger partial charge in [-0.15, -0.1) is 0 Å². The van der Waals surface area contributed by atoms with Crippen LogP contribution in [0, 0.1) is 18.6 Å². The third-order valence-corrected chi connectivity index (χ3v) is 4.81. The Hall–Kier alpha value is -2.50. The fourth-order valence-electron chi connectivity index (χ4n) is 3.61. The summed E-state index contributed by atoms with van der Waals surface area (Å²) in [6.07, 6.45) is 3.58. The number of hydrogen-bond donors (Lipinski definition) is 0. The molecule has 132 valence electrons. The van der Waals surface area contributed by atoms with Gasteiger partial charge in [0.1, 0.15) is 23.5 Å². The molecule has 0 spiro atoms. The van der Waals surface area contributed by atoms with Crippen molar-refractivity contribution in [3.63, 3.8) is 0 Å². The zero-order valence-electron chi connectivity index (χ0n) is 14.1. The first-order chi connectivity index (χ1) is 12.0. The summed E-state index contributed by atoms with van der Waals surface area (Å²) < 4.78 is 38.1. The highest BCUT2D eigenvalue weighted by Crippen LogP contribution is 2.45. The maximum Gasteiger partial charge on any atom is 0.316 e. The van der Waals surface area contributed by atoms with Gasteiger partial charge in [0.2, 0.25) is 0 Å². The summed E-state index contributed by atoms with van der Waals surface area (Å²) in [7, 11) is 1.32. The van der Waals surface area contributed by atoms with Crippen molar-refractivity contribution in [2.75, 3.05) is 7.11 Å². The van der Waals surface area contributed by atoms with Crippen LogP contribution in [0.3, 0.4) is 0 Å². The van der Waals surface area contributed by atoms with E-state index < -0.39 is 17.2 Å². The number of ether oxygens (including phenoxy) is 2. The maximum atomic E-state index is 14.0. The summed E-state index contributed by atoms with van der Waals surface area (Å²) in [5.41, 5.74) is 0.0793. The van der Waals surface area contributed by atoms with Crippen molar-refractivity contribution in [1.29, 1.82) is 0 Å². The fraction of sp³-hybridized carbons (Fsp3) is 0.368. The molecular weight excluding hydrogens is 328 g/mol. The molecule has 1 aromatic heterocycles. The number of benzene rings is 1. The zero-order chi connectivity index (χ0) is 18.0. The molecule has 0 saturated heterocycles. The number of hydrogen-bond acceptors (Lipinski definition) is 4. The maximum absolute atomic E-state index is 14.0. The predicted octanol–water partition coefficient (Wildman–Crippen LogP) is 3.71. The number of aromatic nitrogens is 1. The van der Waals surface area contributed by atoms with Crippen molar-refractivity contribution in [2.24, 2.45) is 0 Å². The number of carbonyl (C=O) groups excluding carboxylic acids is 1. The van der Waals surface area contributed by atoms with Gasteiger partial charge in [-0.3, -0.25) is 9.78 Å². The summed E-state index contributed by atoms with van der Waals surface area (Å²) in [4.78, 5) is 16.3. The lowest BCUT2D eigenvalue weighted by Gasteiger charge is -2.28. The Morgan fingerprint density at radius 2 is 2.12 bits per heavy atom. The first-order valence-corrected chi connectivity index (χ1v) is 8.07. The summed E-state index contributed by atoms with van der Waals surface area (Å²) in [5, 5.41) is 0. The molecule has 1 heterocycles. The van der Waals surface area contributed by atoms with Crippen LogP contribution < -0.4 is 4.74 Å². The van der Waals surface area contributed by atoms with Crippen molar-refractivity contribution in [1.82, 2.24) is 4.98 Å². The van der Waals surface area contributed by atoms with Crippen LogP contribution in [0.5, 0.6) is 5.75 Å². The van der Waals surface area contributed by atoms with Gasteiger partial charge in [0.15, 0.2) is 0 Å². The van der Waals surface area contributed by atoms with Gasteiger partial charge in [-0.2, -0.15) is 0 Å². The molecule has 1 saturated carbocycles. The molecule has 0 bridgehead atoms. The van der Waals surface area contributed by atoms with Crippen molar-refractivity contribution in [3.05, 3.63) is 59.4 Å². The molecule has 3 rings (SSSR count). The van der Waals surface area contributed by atoms with Crippen LogP contribution in [0.25, 0.3) is 0 Å². The van der Waals surface area contributed by atoms with Crippen LogP contribution in [0.1, 0.15) is 30.4 Å². The third-order valence-electron chi connectivity index (χ3n) is 4.81. The van der Waals surface area contributed by atoms with Crippen LogP contribution in [-0.2, 0) is 14.9 Å². The van der Waals surface area contributed by atoms with Crippen LogP contribution in [0.15, 0.2) is 36.7 Å². The van der Waals surface area contributed by atoms with Crippen molar-refractivity contribution >= 4 is 5.97 Å². The Bertz CT molecular complexity index is 796. The lowest BCUT2D eigenvalue weighted by Crippen LogP contribution is -2.36. The SMILES string of the molecule is COC(=O)[C@@]1(c2cccc(F)c2C)CCC(Oc2cncc(F)c2)C1. The van der Waals surface area contributed by atoms with E-state index in [1.807, 2.05) is 0 Å². The number of pyridine rings is 1. The molecule has 6 heteroatoms. The topological polar surface area (TPSA) is 48.4 Å². The molecule has 2 aromatic rings. The van der Waals surface area contributed by atoms with Crippen LogP contribution in [-0.4, -0.2) is 24.2 Å². The second-order valence-corrected chi connectivity index (χ2v) is 6.31. The second kappa shape index (κ2) is 6.78. The number of rotatable bonds is 4. The minimum absolute atomic E-state index is 0.307. The normalized spacial score (nSPS) is 22.6. The average molecular weight is 347 g/mol. The molecule has 1 aliphatic rings. The highest BCUT2D eigenvalue weighted by Gasteiger charge is 2.49. The van der Waals surface area contributed by atoms with E-state index in [-0.39, 0.29) is 11.9 Å². The Labute approximate surface area is 144 Å². The molecule has 1 fully saturated rings. The van der Waals surface area contributed by atoms with E-state index in [1.165, 1.54) is 25.4 Å². The standard InChI is InChI=1S/C19H19F2NO3/c1-12-16(4-3-5-17(12)21)19(18(23)24-2)7-6-14(9-19)25-15-8-13(20)10-22-11-15/h3-5,8,10-11,14H,6-7,9H2,1-2H3/t14?,19-/m0/s1. The van der Waals surface area contributed by atoms with Crippen LogP contribution >= 0.6 is 0 Å². The molecule has 1 aromatic carbocycles. The summed E-state index contributed by atoms with van der Waals surface area (Å²) in [6.45, 7) is 1.65. The van der Waals surface area contributed by atoms with E-state index in [0.717, 1.165) is 6.20 Å². The van der Waals surface area contributed by atoms with E-state index in [1.54, 1.807) is 19.1 Å². The Balaban J connectivity index is 1.91. The zero-order valence-corrected chi connectivity index (χ0v) is 14.1. The van der Waals surface area contributed by atoms with Crippen molar-refractivity contribution in [2.45, 2.75) is 37.7 Å². The molecule has 0 amide bonds. The molecule has 0 aliphatic heterocycles. The van der Waals surface area contributed by atoms with Crippen molar-refractivity contribution < 1.29 is 23.0 Å². The average Bonchev–Trinajstić information content (AvgIpc) is 3.01. The second-order valence-electron chi connectivity index (χ2n) is 6.31. The minimum atomic E-state index is -0.966. The monoisotopic (exact) mass is 347 g/mol. The number of methoxy groups -OCH3 is 1. The van der Waals surface area contributed by atoms with Gasteiger partial charge in [-0.05, 0) is 37.0 Å². The molecule has 1 aliphatic carbocycles. The van der Waals surface area contributed by atoms with Gasteiger partial charge in [0.05, 0.1) is 24.9 Å². The highest BCUT2D eigenvalue weighted by molar-refractivity contribution is 5.84. The minimum Gasteiger partial charge on any atom is -0.489 e. The summed E-state index contributed by atoms with van der Waals surface area (Å²) >= 11 is 0. The number of halogens is 2. The summed E-state index contributed by atoms with van der Waals surface area (Å²) in [5.74, 6) is -0.957. The Morgan fingerprint density at radius 3 is 2.84 bits per heavy atom. The quantitative estimate of drug-likeness (QED) is 0.791. The Morgan fingerprint density at radius 1 is 1.32 bits per heavy atom. The molecule has 2 atom stereocenters. The number of esters is 1. The first kappa shape index (κ1) is 17.3. The van der Waals surface area contributed by atoms with E-state index in [2.05, 4.69) is 4.98 Å². The largest absolute Gasteiger partial charge is 0.489 e. The summed E-state index contributed by atoms with van der Waals surface area (Å²) in [6, 6.07) is 5.96. The molecule has 1 unspecified atom stereocenters. The first-order valence-electron chi connectivity index (χ1n) is 8.07. The highest BCUT2D eigenvalue weighted by atomic mass is 19.1. The molecule has 0 radical (unpaired) electrons. The lowest BCUT2D eigenvalue weighted by molar-refractivity contribution is -0.147. The van der Waals surface area contributed by atoms with Gasteiger partial charge >= 0.3 is 5.97 Å². The van der Waals surface area contributed by atoms with Gasteiger partial charge in [-0.1, -0.05) is 12.1 Å². The molecule has 0 N–H and O–H groups in total. The molecule has 4 nitrogen and oxygen atoms in total. The van der Waals surface area contributed by atoms with Gasteiger partial charge < -0.3 is 9.47 Å². The molecular formula is C19H19F2NO3. The lowest BCUT2D eigenvalue weighted by atomic mass is 9.76. The Kier molecular flexibility index (Phi) is 4.70.